The molecule has 1 amide bonds. The Balaban J connectivity index is 1.64. The molecule has 2 aromatic rings. The lowest BCUT2D eigenvalue weighted by Gasteiger charge is -2.08. The number of thioether (sulfide) groups is 2. The molecule has 0 spiro atoms. The van der Waals surface area contributed by atoms with Gasteiger partial charge in [0.05, 0.1) is 11.4 Å². The summed E-state index contributed by atoms with van der Waals surface area (Å²) in [6.07, 6.45) is 0. The Morgan fingerprint density at radius 3 is 3.13 bits per heavy atom. The average molecular weight is 368 g/mol. The van der Waals surface area contributed by atoms with Crippen LogP contribution in [0, 0.1) is 6.92 Å². The maximum absolute atomic E-state index is 12.1. The normalized spacial score (nSPS) is 13.0. The molecule has 8 heteroatoms. The van der Waals surface area contributed by atoms with E-state index in [0.29, 0.717) is 21.6 Å². The van der Waals surface area contributed by atoms with Crippen LogP contribution in [0.1, 0.15) is 16.8 Å². The van der Waals surface area contributed by atoms with Crippen molar-refractivity contribution in [1.82, 2.24) is 9.97 Å². The van der Waals surface area contributed by atoms with Crippen molar-refractivity contribution < 1.29 is 4.79 Å². The van der Waals surface area contributed by atoms with Gasteiger partial charge in [-0.2, -0.15) is 11.8 Å². The first-order valence-electron chi connectivity index (χ1n) is 6.91. The van der Waals surface area contributed by atoms with Crippen LogP contribution in [0.25, 0.3) is 0 Å². The number of H-pyrrole nitrogens is 1. The van der Waals surface area contributed by atoms with Crippen LogP contribution in [-0.2, 0) is 16.3 Å². The summed E-state index contributed by atoms with van der Waals surface area (Å²) >= 11 is 8.82. The minimum absolute atomic E-state index is 0.103. The zero-order chi connectivity index (χ0) is 16.4. The van der Waals surface area contributed by atoms with E-state index in [2.05, 4.69) is 15.3 Å². The van der Waals surface area contributed by atoms with E-state index < -0.39 is 0 Å². The standard InChI is InChI=1S/C15H14ClN3O2S2/c1-8-2-3-9(16)4-11(8)17-13(20)7-23-15-18-12-6-22-5-10(12)14(21)19-15/h2-4H,5-7H2,1H3,(H,17,20)(H,18,19,21). The van der Waals surface area contributed by atoms with Gasteiger partial charge in [-0.1, -0.05) is 29.4 Å². The Labute approximate surface area is 146 Å². The van der Waals surface area contributed by atoms with E-state index in [0.717, 1.165) is 22.6 Å². The number of fused-ring (bicyclic) bond motifs is 1. The van der Waals surface area contributed by atoms with E-state index in [4.69, 9.17) is 11.6 Å². The second-order valence-electron chi connectivity index (χ2n) is 5.09. The molecule has 0 saturated carbocycles. The third kappa shape index (κ3) is 3.91. The molecule has 23 heavy (non-hydrogen) atoms. The van der Waals surface area contributed by atoms with Crippen LogP contribution in [0.15, 0.2) is 28.2 Å². The number of rotatable bonds is 4. The largest absolute Gasteiger partial charge is 0.325 e. The van der Waals surface area contributed by atoms with E-state index in [1.165, 1.54) is 11.8 Å². The van der Waals surface area contributed by atoms with Gasteiger partial charge in [-0.15, -0.1) is 0 Å². The molecule has 120 valence electrons. The van der Waals surface area contributed by atoms with E-state index in [1.807, 2.05) is 13.0 Å². The second-order valence-corrected chi connectivity index (χ2v) is 7.47. The van der Waals surface area contributed by atoms with Gasteiger partial charge in [0.2, 0.25) is 5.91 Å². The van der Waals surface area contributed by atoms with Gasteiger partial charge in [0.1, 0.15) is 0 Å². The van der Waals surface area contributed by atoms with E-state index in [1.54, 1.807) is 23.9 Å². The number of hydrogen-bond acceptors (Lipinski definition) is 5. The average Bonchev–Trinajstić information content (AvgIpc) is 2.98. The lowest BCUT2D eigenvalue weighted by molar-refractivity contribution is -0.113. The van der Waals surface area contributed by atoms with Crippen LogP contribution >= 0.6 is 35.1 Å². The number of benzene rings is 1. The van der Waals surface area contributed by atoms with Gasteiger partial charge in [0.15, 0.2) is 5.16 Å². The first-order chi connectivity index (χ1) is 11.0. The highest BCUT2D eigenvalue weighted by Gasteiger charge is 2.18. The third-order valence-electron chi connectivity index (χ3n) is 3.38. The van der Waals surface area contributed by atoms with Crippen molar-refractivity contribution in [3.63, 3.8) is 0 Å². The fourth-order valence-electron chi connectivity index (χ4n) is 2.16. The topological polar surface area (TPSA) is 74.8 Å². The predicted molar refractivity (Wildman–Crippen MR) is 95.4 cm³/mol. The first kappa shape index (κ1) is 16.4. The minimum Gasteiger partial charge on any atom is -0.325 e. The molecule has 0 unspecified atom stereocenters. The summed E-state index contributed by atoms with van der Waals surface area (Å²) < 4.78 is 0. The Morgan fingerprint density at radius 1 is 1.48 bits per heavy atom. The van der Waals surface area contributed by atoms with Crippen LogP contribution in [-0.4, -0.2) is 21.6 Å². The van der Waals surface area contributed by atoms with Crippen molar-refractivity contribution in [2.45, 2.75) is 23.6 Å². The summed E-state index contributed by atoms with van der Waals surface area (Å²) in [5, 5.41) is 3.87. The van der Waals surface area contributed by atoms with Crippen molar-refractivity contribution >= 4 is 46.7 Å². The zero-order valence-corrected chi connectivity index (χ0v) is 14.7. The number of halogens is 1. The number of carbonyl (C=O) groups excluding carboxylic acids is 1. The Hall–Kier alpha value is -1.44. The molecular formula is C15H14ClN3O2S2. The van der Waals surface area contributed by atoms with Crippen molar-refractivity contribution in [3.05, 3.63) is 50.4 Å². The predicted octanol–water partition coefficient (Wildman–Crippen LogP) is 3.21. The molecule has 2 heterocycles. The van der Waals surface area contributed by atoms with Crippen LogP contribution in [0.3, 0.4) is 0 Å². The Morgan fingerprint density at radius 2 is 2.30 bits per heavy atom. The molecular weight excluding hydrogens is 354 g/mol. The van der Waals surface area contributed by atoms with Gasteiger partial charge in [0, 0.05) is 27.8 Å². The van der Waals surface area contributed by atoms with Gasteiger partial charge in [-0.3, -0.25) is 9.59 Å². The molecule has 0 fully saturated rings. The number of nitrogens with zero attached hydrogens (tertiary/aromatic N) is 1. The molecule has 0 bridgehead atoms. The van der Waals surface area contributed by atoms with Gasteiger partial charge in [-0.05, 0) is 24.6 Å². The van der Waals surface area contributed by atoms with Crippen LogP contribution < -0.4 is 10.9 Å². The SMILES string of the molecule is Cc1ccc(Cl)cc1NC(=O)CSc1nc2c(c(=O)[nH]1)CSC2. The van der Waals surface area contributed by atoms with Gasteiger partial charge in [-0.25, -0.2) is 4.98 Å². The molecule has 3 rings (SSSR count). The summed E-state index contributed by atoms with van der Waals surface area (Å²) in [6.45, 7) is 1.90. The number of amides is 1. The number of hydrogen-bond donors (Lipinski definition) is 2. The zero-order valence-electron chi connectivity index (χ0n) is 12.3. The van der Waals surface area contributed by atoms with Crippen molar-refractivity contribution in [1.29, 1.82) is 0 Å². The number of aryl methyl sites for hydroxylation is 1. The fraction of sp³-hybridized carbons (Fsp3) is 0.267. The molecule has 1 aromatic carbocycles. The van der Waals surface area contributed by atoms with Crippen LogP contribution in [0.5, 0.6) is 0 Å². The molecule has 0 atom stereocenters. The molecule has 2 N–H and O–H groups in total. The number of aromatic amines is 1. The molecule has 0 aliphatic carbocycles. The summed E-state index contributed by atoms with van der Waals surface area (Å²) in [7, 11) is 0. The summed E-state index contributed by atoms with van der Waals surface area (Å²) in [6, 6.07) is 5.34. The van der Waals surface area contributed by atoms with E-state index in [9.17, 15) is 9.59 Å². The third-order valence-corrected chi connectivity index (χ3v) is 5.46. The molecule has 0 saturated heterocycles. The highest BCUT2D eigenvalue weighted by Crippen LogP contribution is 2.27. The van der Waals surface area contributed by atoms with Crippen molar-refractivity contribution in [3.8, 4) is 0 Å². The lowest BCUT2D eigenvalue weighted by Crippen LogP contribution is -2.18. The second kappa shape index (κ2) is 6.98. The van der Waals surface area contributed by atoms with Gasteiger partial charge in [0.25, 0.3) is 5.56 Å². The number of nitrogens with one attached hydrogen (secondary N) is 2. The van der Waals surface area contributed by atoms with E-state index >= 15 is 0 Å². The number of carbonyl (C=O) groups is 1. The Kier molecular flexibility index (Phi) is 4.99. The highest BCUT2D eigenvalue weighted by molar-refractivity contribution is 7.99. The van der Waals surface area contributed by atoms with Gasteiger partial charge >= 0.3 is 0 Å². The summed E-state index contributed by atoms with van der Waals surface area (Å²) in [5.41, 5.74) is 3.10. The fourth-order valence-corrected chi connectivity index (χ4v) is 4.04. The summed E-state index contributed by atoms with van der Waals surface area (Å²) in [4.78, 5) is 31.1. The van der Waals surface area contributed by atoms with Gasteiger partial charge < -0.3 is 10.3 Å². The number of anilines is 1. The van der Waals surface area contributed by atoms with E-state index in [-0.39, 0.29) is 17.2 Å². The van der Waals surface area contributed by atoms with Crippen molar-refractivity contribution in [2.24, 2.45) is 0 Å². The monoisotopic (exact) mass is 367 g/mol. The first-order valence-corrected chi connectivity index (χ1v) is 9.43. The molecule has 1 aromatic heterocycles. The molecule has 0 radical (unpaired) electrons. The summed E-state index contributed by atoms with van der Waals surface area (Å²) in [5.74, 6) is 1.46. The molecule has 5 nitrogen and oxygen atoms in total. The maximum Gasteiger partial charge on any atom is 0.255 e. The quantitative estimate of drug-likeness (QED) is 0.641. The smallest absolute Gasteiger partial charge is 0.255 e. The lowest BCUT2D eigenvalue weighted by atomic mass is 10.2. The maximum atomic E-state index is 12.1. The van der Waals surface area contributed by atoms with Crippen LogP contribution in [0.4, 0.5) is 5.69 Å². The van der Waals surface area contributed by atoms with Crippen LogP contribution in [0.2, 0.25) is 5.02 Å². The Bertz CT molecular complexity index is 823. The highest BCUT2D eigenvalue weighted by atomic mass is 35.5. The molecule has 1 aliphatic rings. The minimum atomic E-state index is -0.169. The molecule has 1 aliphatic heterocycles. The van der Waals surface area contributed by atoms with Crippen molar-refractivity contribution in [2.75, 3.05) is 11.1 Å². The number of aromatic nitrogens is 2.